The Morgan fingerprint density at radius 3 is 3.09 bits per heavy atom. The van der Waals surface area contributed by atoms with Crippen LogP contribution in [-0.2, 0) is 9.59 Å². The summed E-state index contributed by atoms with van der Waals surface area (Å²) in [6, 6.07) is 4.40. The zero-order valence-corrected chi connectivity index (χ0v) is 12.6. The van der Waals surface area contributed by atoms with Crippen LogP contribution >= 0.6 is 0 Å². The molecule has 5 nitrogen and oxygen atoms in total. The van der Waals surface area contributed by atoms with E-state index < -0.39 is 11.7 Å². The molecule has 1 aromatic carbocycles. The lowest BCUT2D eigenvalue weighted by Gasteiger charge is -2.31. The number of nitrogens with one attached hydrogen (secondary N) is 2. The molecule has 22 heavy (non-hydrogen) atoms. The SMILES string of the molecule is CNCC1CCCN1C(=O)C1CC(=O)Nc2cc(F)ccc21. The van der Waals surface area contributed by atoms with E-state index in [4.69, 9.17) is 0 Å². The summed E-state index contributed by atoms with van der Waals surface area (Å²) in [4.78, 5) is 26.6. The molecular weight excluding hydrogens is 285 g/mol. The second kappa shape index (κ2) is 6.04. The number of rotatable bonds is 3. The minimum absolute atomic E-state index is 0.0274. The number of likely N-dealkylation sites (tertiary alicyclic amines) is 1. The number of amides is 2. The van der Waals surface area contributed by atoms with Gasteiger partial charge in [-0.25, -0.2) is 4.39 Å². The van der Waals surface area contributed by atoms with Crippen LogP contribution in [0.4, 0.5) is 10.1 Å². The molecule has 2 aliphatic rings. The van der Waals surface area contributed by atoms with E-state index >= 15 is 0 Å². The maximum absolute atomic E-state index is 13.4. The number of benzene rings is 1. The van der Waals surface area contributed by atoms with Gasteiger partial charge in [0.15, 0.2) is 0 Å². The first kappa shape index (κ1) is 15.0. The molecule has 2 heterocycles. The summed E-state index contributed by atoms with van der Waals surface area (Å²) in [6.45, 7) is 1.47. The Bertz CT molecular complexity index is 605. The lowest BCUT2D eigenvalue weighted by atomic mass is 9.89. The largest absolute Gasteiger partial charge is 0.338 e. The molecule has 6 heteroatoms. The van der Waals surface area contributed by atoms with Gasteiger partial charge in [-0.3, -0.25) is 9.59 Å². The van der Waals surface area contributed by atoms with Crippen LogP contribution in [0.15, 0.2) is 18.2 Å². The Balaban J connectivity index is 1.88. The minimum Gasteiger partial charge on any atom is -0.338 e. The lowest BCUT2D eigenvalue weighted by molar-refractivity contribution is -0.135. The van der Waals surface area contributed by atoms with Crippen LogP contribution in [0.2, 0.25) is 0 Å². The predicted octanol–water partition coefficient (Wildman–Crippen LogP) is 1.46. The number of carbonyl (C=O) groups is 2. The van der Waals surface area contributed by atoms with Crippen molar-refractivity contribution in [1.29, 1.82) is 0 Å². The monoisotopic (exact) mass is 305 g/mol. The quantitative estimate of drug-likeness (QED) is 0.889. The van der Waals surface area contributed by atoms with Crippen molar-refractivity contribution in [2.45, 2.75) is 31.2 Å². The lowest BCUT2D eigenvalue weighted by Crippen LogP contribution is -2.44. The van der Waals surface area contributed by atoms with E-state index in [1.165, 1.54) is 12.1 Å². The predicted molar refractivity (Wildman–Crippen MR) is 81.0 cm³/mol. The fourth-order valence-corrected chi connectivity index (χ4v) is 3.43. The van der Waals surface area contributed by atoms with E-state index in [1.807, 2.05) is 11.9 Å². The third-order valence-corrected chi connectivity index (χ3v) is 4.45. The molecule has 2 unspecified atom stereocenters. The Morgan fingerprint density at radius 2 is 2.32 bits per heavy atom. The fraction of sp³-hybridized carbons (Fsp3) is 0.500. The highest BCUT2D eigenvalue weighted by Gasteiger charge is 2.37. The van der Waals surface area contributed by atoms with E-state index in [0.29, 0.717) is 11.3 Å². The molecule has 1 aromatic rings. The average Bonchev–Trinajstić information content (AvgIpc) is 2.94. The van der Waals surface area contributed by atoms with E-state index in [-0.39, 0.29) is 24.3 Å². The summed E-state index contributed by atoms with van der Waals surface area (Å²) >= 11 is 0. The van der Waals surface area contributed by atoms with Gasteiger partial charge in [-0.05, 0) is 37.6 Å². The smallest absolute Gasteiger partial charge is 0.231 e. The van der Waals surface area contributed by atoms with Gasteiger partial charge in [0.1, 0.15) is 5.82 Å². The summed E-state index contributed by atoms with van der Waals surface area (Å²) in [5.41, 5.74) is 1.13. The highest BCUT2D eigenvalue weighted by molar-refractivity contribution is 6.01. The number of carbonyl (C=O) groups excluding carboxylic acids is 2. The highest BCUT2D eigenvalue weighted by Crippen LogP contribution is 2.35. The van der Waals surface area contributed by atoms with Gasteiger partial charge in [0.05, 0.1) is 5.92 Å². The number of anilines is 1. The molecule has 2 amide bonds. The number of nitrogens with zero attached hydrogens (tertiary/aromatic N) is 1. The van der Waals surface area contributed by atoms with Gasteiger partial charge in [0, 0.05) is 31.2 Å². The van der Waals surface area contributed by atoms with Gasteiger partial charge in [0.2, 0.25) is 11.8 Å². The van der Waals surface area contributed by atoms with E-state index in [9.17, 15) is 14.0 Å². The molecule has 1 saturated heterocycles. The molecule has 0 saturated carbocycles. The maximum Gasteiger partial charge on any atom is 0.231 e. The van der Waals surface area contributed by atoms with Gasteiger partial charge in [-0.1, -0.05) is 6.07 Å². The fourth-order valence-electron chi connectivity index (χ4n) is 3.43. The van der Waals surface area contributed by atoms with Crippen LogP contribution in [0.5, 0.6) is 0 Å². The van der Waals surface area contributed by atoms with E-state index in [1.54, 1.807) is 6.07 Å². The van der Waals surface area contributed by atoms with Crippen LogP contribution in [0.3, 0.4) is 0 Å². The Morgan fingerprint density at radius 1 is 1.50 bits per heavy atom. The van der Waals surface area contributed by atoms with Crippen LogP contribution in [0, 0.1) is 5.82 Å². The number of fused-ring (bicyclic) bond motifs is 1. The van der Waals surface area contributed by atoms with Crippen molar-refractivity contribution in [3.05, 3.63) is 29.6 Å². The van der Waals surface area contributed by atoms with E-state index in [0.717, 1.165) is 25.9 Å². The first-order valence-corrected chi connectivity index (χ1v) is 7.64. The van der Waals surface area contributed by atoms with Crippen molar-refractivity contribution in [3.8, 4) is 0 Å². The Labute approximate surface area is 128 Å². The topological polar surface area (TPSA) is 61.4 Å². The average molecular weight is 305 g/mol. The van der Waals surface area contributed by atoms with Crippen LogP contribution < -0.4 is 10.6 Å². The number of hydrogen-bond donors (Lipinski definition) is 2. The summed E-state index contributed by atoms with van der Waals surface area (Å²) in [5, 5.41) is 5.76. The van der Waals surface area contributed by atoms with Gasteiger partial charge >= 0.3 is 0 Å². The molecular formula is C16H20FN3O2. The number of hydrogen-bond acceptors (Lipinski definition) is 3. The third-order valence-electron chi connectivity index (χ3n) is 4.45. The maximum atomic E-state index is 13.4. The Hall–Kier alpha value is -1.95. The second-order valence-electron chi connectivity index (χ2n) is 5.92. The van der Waals surface area contributed by atoms with Crippen molar-refractivity contribution in [2.24, 2.45) is 0 Å². The molecule has 0 radical (unpaired) electrons. The molecule has 0 aliphatic carbocycles. The molecule has 0 spiro atoms. The normalized spacial score (nSPS) is 24.1. The number of likely N-dealkylation sites (N-methyl/N-ethyl adjacent to an activating group) is 1. The third kappa shape index (κ3) is 2.70. The molecule has 2 atom stereocenters. The zero-order valence-electron chi connectivity index (χ0n) is 12.6. The number of halogens is 1. The van der Waals surface area contributed by atoms with Crippen LogP contribution in [0.25, 0.3) is 0 Å². The first-order chi connectivity index (χ1) is 10.6. The summed E-state index contributed by atoms with van der Waals surface area (Å²) < 4.78 is 13.4. The second-order valence-corrected chi connectivity index (χ2v) is 5.92. The standard InChI is InChI=1S/C16H20FN3O2/c1-18-9-11-3-2-6-20(11)16(22)13-8-15(21)19-14-7-10(17)4-5-12(13)14/h4-5,7,11,13,18H,2-3,6,8-9H2,1H3,(H,19,21). The van der Waals surface area contributed by atoms with Crippen molar-refractivity contribution in [1.82, 2.24) is 10.2 Å². The van der Waals surface area contributed by atoms with E-state index in [2.05, 4.69) is 10.6 Å². The van der Waals surface area contributed by atoms with Crippen LogP contribution in [-0.4, -0.2) is 42.9 Å². The molecule has 3 rings (SSSR count). The Kier molecular flexibility index (Phi) is 4.11. The van der Waals surface area contributed by atoms with Crippen molar-refractivity contribution < 1.29 is 14.0 Å². The summed E-state index contributed by atoms with van der Waals surface area (Å²) in [7, 11) is 1.87. The van der Waals surface area contributed by atoms with Crippen LogP contribution in [0.1, 0.15) is 30.7 Å². The zero-order chi connectivity index (χ0) is 15.7. The van der Waals surface area contributed by atoms with Crippen molar-refractivity contribution in [3.63, 3.8) is 0 Å². The summed E-state index contributed by atoms with van der Waals surface area (Å²) in [5.74, 6) is -1.19. The molecule has 1 fully saturated rings. The van der Waals surface area contributed by atoms with Crippen molar-refractivity contribution in [2.75, 3.05) is 25.5 Å². The van der Waals surface area contributed by atoms with Gasteiger partial charge in [-0.15, -0.1) is 0 Å². The van der Waals surface area contributed by atoms with Gasteiger partial charge < -0.3 is 15.5 Å². The first-order valence-electron chi connectivity index (χ1n) is 7.64. The summed E-state index contributed by atoms with van der Waals surface area (Å²) in [6.07, 6.45) is 2.08. The van der Waals surface area contributed by atoms with Crippen molar-refractivity contribution >= 4 is 17.5 Å². The van der Waals surface area contributed by atoms with Gasteiger partial charge in [-0.2, -0.15) is 0 Å². The molecule has 0 aromatic heterocycles. The molecule has 118 valence electrons. The molecule has 2 N–H and O–H groups in total. The minimum atomic E-state index is -0.512. The van der Waals surface area contributed by atoms with Gasteiger partial charge in [0.25, 0.3) is 0 Å². The highest BCUT2D eigenvalue weighted by atomic mass is 19.1. The molecule has 0 bridgehead atoms. The molecule has 2 aliphatic heterocycles.